The molecule has 0 saturated carbocycles. The van der Waals surface area contributed by atoms with Gasteiger partial charge in [0.15, 0.2) is 5.82 Å². The summed E-state index contributed by atoms with van der Waals surface area (Å²) in [6.07, 6.45) is 0.397. The van der Waals surface area contributed by atoms with Crippen LogP contribution < -0.4 is 11.5 Å². The predicted octanol–water partition coefficient (Wildman–Crippen LogP) is 1.25. The molecule has 1 rings (SSSR count). The van der Waals surface area contributed by atoms with Gasteiger partial charge in [0.1, 0.15) is 5.82 Å². The smallest absolute Gasteiger partial charge is 0.164 e. The minimum Gasteiger partial charge on any atom is -0.396 e. The summed E-state index contributed by atoms with van der Waals surface area (Å²) in [5.74, 6) is 3.39. The molecule has 0 fully saturated rings. The Hall–Kier alpha value is -1.60. The van der Waals surface area contributed by atoms with Crippen LogP contribution in [0, 0.1) is 23.5 Å². The third-order valence-corrected chi connectivity index (χ3v) is 1.60. The number of nitrogens with two attached hydrogens (primary N) is 2. The van der Waals surface area contributed by atoms with Gasteiger partial charge in [0.05, 0.1) is 11.3 Å². The van der Waals surface area contributed by atoms with Crippen molar-refractivity contribution in [3.05, 3.63) is 29.3 Å². The normalized spacial score (nSPS) is 9.36. The topological polar surface area (TPSA) is 52.0 Å². The number of benzene rings is 1. The van der Waals surface area contributed by atoms with Crippen LogP contribution in [0.5, 0.6) is 0 Å². The fourth-order valence-electron chi connectivity index (χ4n) is 0.906. The Kier molecular flexibility index (Phi) is 3.43. The average molecular weight is 196 g/mol. The van der Waals surface area contributed by atoms with Gasteiger partial charge >= 0.3 is 0 Å². The average Bonchev–Trinajstić information content (AvgIpc) is 2.18. The second-order valence-corrected chi connectivity index (χ2v) is 2.67. The maximum absolute atomic E-state index is 13.2. The Morgan fingerprint density at radius 1 is 1.29 bits per heavy atom. The van der Waals surface area contributed by atoms with Crippen molar-refractivity contribution in [3.63, 3.8) is 0 Å². The maximum Gasteiger partial charge on any atom is 0.164 e. The van der Waals surface area contributed by atoms with E-state index in [9.17, 15) is 8.78 Å². The maximum atomic E-state index is 13.2. The molecule has 0 amide bonds. The molecule has 0 spiro atoms. The van der Waals surface area contributed by atoms with E-state index in [2.05, 4.69) is 11.8 Å². The van der Waals surface area contributed by atoms with Gasteiger partial charge < -0.3 is 11.5 Å². The van der Waals surface area contributed by atoms with Crippen molar-refractivity contribution in [1.82, 2.24) is 0 Å². The summed E-state index contributed by atoms with van der Waals surface area (Å²) in [7, 11) is 0. The highest BCUT2D eigenvalue weighted by atomic mass is 19.1. The number of anilines is 1. The summed E-state index contributed by atoms with van der Waals surface area (Å²) in [5, 5.41) is 0. The number of nitrogen functional groups attached to an aromatic ring is 1. The summed E-state index contributed by atoms with van der Waals surface area (Å²) >= 11 is 0. The summed E-state index contributed by atoms with van der Waals surface area (Å²) in [6, 6.07) is 2.25. The second-order valence-electron chi connectivity index (χ2n) is 2.67. The number of hydrogen-bond donors (Lipinski definition) is 2. The number of hydrogen-bond acceptors (Lipinski definition) is 2. The molecule has 0 aliphatic rings. The van der Waals surface area contributed by atoms with E-state index in [1.54, 1.807) is 0 Å². The van der Waals surface area contributed by atoms with Gasteiger partial charge in [-0.15, -0.1) is 0 Å². The van der Waals surface area contributed by atoms with Crippen LogP contribution in [0.25, 0.3) is 0 Å². The Balaban J connectivity index is 3.08. The van der Waals surface area contributed by atoms with Crippen LogP contribution in [-0.4, -0.2) is 6.54 Å². The van der Waals surface area contributed by atoms with E-state index < -0.39 is 11.6 Å². The van der Waals surface area contributed by atoms with Crippen LogP contribution >= 0.6 is 0 Å². The lowest BCUT2D eigenvalue weighted by Gasteiger charge is -1.99. The highest BCUT2D eigenvalue weighted by Gasteiger charge is 2.08. The number of halogens is 2. The molecular formula is C10H10F2N2. The zero-order valence-electron chi connectivity index (χ0n) is 7.48. The zero-order valence-corrected chi connectivity index (χ0v) is 7.48. The van der Waals surface area contributed by atoms with Gasteiger partial charge in [-0.3, -0.25) is 0 Å². The first kappa shape index (κ1) is 10.5. The summed E-state index contributed by atoms with van der Waals surface area (Å²) in [6.45, 7) is 0.360. The Morgan fingerprint density at radius 3 is 2.64 bits per heavy atom. The van der Waals surface area contributed by atoms with E-state index in [1.165, 1.54) is 6.07 Å². The molecule has 1 aromatic rings. The molecule has 0 heterocycles. The van der Waals surface area contributed by atoms with Crippen molar-refractivity contribution < 1.29 is 8.78 Å². The van der Waals surface area contributed by atoms with Crippen molar-refractivity contribution in [3.8, 4) is 11.8 Å². The lowest BCUT2D eigenvalue weighted by Crippen LogP contribution is -1.98. The molecule has 0 aliphatic heterocycles. The molecule has 14 heavy (non-hydrogen) atoms. The molecule has 4 heteroatoms. The quantitative estimate of drug-likeness (QED) is 0.524. The molecule has 0 aliphatic carbocycles. The highest BCUT2D eigenvalue weighted by Crippen LogP contribution is 2.17. The molecule has 74 valence electrons. The first-order chi connectivity index (χ1) is 6.66. The molecule has 0 aromatic heterocycles. The lowest BCUT2D eigenvalue weighted by molar-refractivity contribution is 0.580. The molecule has 0 bridgehead atoms. The molecule has 2 nitrogen and oxygen atoms in total. The van der Waals surface area contributed by atoms with Gasteiger partial charge in [-0.2, -0.15) is 0 Å². The Bertz CT molecular complexity index is 391. The Labute approximate surface area is 80.9 Å². The monoisotopic (exact) mass is 196 g/mol. The van der Waals surface area contributed by atoms with Crippen molar-refractivity contribution in [2.75, 3.05) is 12.3 Å². The molecule has 0 unspecified atom stereocenters. The minimum atomic E-state index is -0.811. The van der Waals surface area contributed by atoms with Crippen LogP contribution in [0.2, 0.25) is 0 Å². The van der Waals surface area contributed by atoms with Gasteiger partial charge in [0.25, 0.3) is 0 Å². The van der Waals surface area contributed by atoms with Gasteiger partial charge in [-0.25, -0.2) is 8.78 Å². The third-order valence-electron chi connectivity index (χ3n) is 1.60. The fraction of sp³-hybridized carbons (Fsp3) is 0.200. The van der Waals surface area contributed by atoms with Gasteiger partial charge in [-0.05, 0) is 12.1 Å². The van der Waals surface area contributed by atoms with Crippen molar-refractivity contribution in [1.29, 1.82) is 0 Å². The Morgan fingerprint density at radius 2 is 2.00 bits per heavy atom. The van der Waals surface area contributed by atoms with Crippen molar-refractivity contribution in [2.45, 2.75) is 6.42 Å². The lowest BCUT2D eigenvalue weighted by atomic mass is 10.1. The van der Waals surface area contributed by atoms with Gasteiger partial charge in [-0.1, -0.05) is 11.8 Å². The highest BCUT2D eigenvalue weighted by molar-refractivity contribution is 5.49. The first-order valence-electron chi connectivity index (χ1n) is 4.09. The largest absolute Gasteiger partial charge is 0.396 e. The summed E-state index contributed by atoms with van der Waals surface area (Å²) < 4.78 is 26.2. The third kappa shape index (κ3) is 2.21. The van der Waals surface area contributed by atoms with Gasteiger partial charge in [0.2, 0.25) is 0 Å². The van der Waals surface area contributed by atoms with Gasteiger partial charge in [0, 0.05) is 13.0 Å². The molecule has 0 saturated heterocycles. The van der Waals surface area contributed by atoms with E-state index in [-0.39, 0.29) is 11.3 Å². The molecular weight excluding hydrogens is 186 g/mol. The molecule has 0 radical (unpaired) electrons. The van der Waals surface area contributed by atoms with E-state index in [0.29, 0.717) is 13.0 Å². The minimum absolute atomic E-state index is 0.108. The van der Waals surface area contributed by atoms with E-state index in [1.807, 2.05) is 0 Å². The standard InChI is InChI=1S/C10H10F2N2/c11-8-4-5-9(14)10(12)7(8)3-1-2-6-13/h4-5H,2,6,13-14H2. The van der Waals surface area contributed by atoms with E-state index in [0.717, 1.165) is 6.07 Å². The van der Waals surface area contributed by atoms with E-state index in [4.69, 9.17) is 11.5 Å². The van der Waals surface area contributed by atoms with Crippen LogP contribution in [0.3, 0.4) is 0 Å². The van der Waals surface area contributed by atoms with Crippen LogP contribution in [0.4, 0.5) is 14.5 Å². The summed E-state index contributed by atoms with van der Waals surface area (Å²) in [4.78, 5) is 0. The SMILES string of the molecule is NCCC#Cc1c(F)ccc(N)c1F. The van der Waals surface area contributed by atoms with Crippen LogP contribution in [0.15, 0.2) is 12.1 Å². The van der Waals surface area contributed by atoms with Crippen molar-refractivity contribution >= 4 is 5.69 Å². The predicted molar refractivity (Wildman–Crippen MR) is 51.3 cm³/mol. The first-order valence-corrected chi connectivity index (χ1v) is 4.09. The molecule has 1 aromatic carbocycles. The van der Waals surface area contributed by atoms with Crippen molar-refractivity contribution in [2.24, 2.45) is 5.73 Å². The van der Waals surface area contributed by atoms with Crippen LogP contribution in [-0.2, 0) is 0 Å². The van der Waals surface area contributed by atoms with Crippen LogP contribution in [0.1, 0.15) is 12.0 Å². The van der Waals surface area contributed by atoms with E-state index >= 15 is 0 Å². The fourth-order valence-corrected chi connectivity index (χ4v) is 0.906. The number of rotatable bonds is 1. The molecule has 0 atom stereocenters. The summed E-state index contributed by atoms with van der Waals surface area (Å²) in [5.41, 5.74) is 10.0. The zero-order chi connectivity index (χ0) is 10.6. The second kappa shape index (κ2) is 4.58. The molecule has 4 N–H and O–H groups in total.